The lowest BCUT2D eigenvalue weighted by molar-refractivity contribution is -0.141. The molecule has 1 amide bonds. The highest BCUT2D eigenvalue weighted by atomic mass is 19.4. The molecule has 10 heteroatoms. The van der Waals surface area contributed by atoms with Crippen LogP contribution in [0.4, 0.5) is 13.2 Å². The number of nitrogen functional groups attached to an aromatic ring is 1. The lowest BCUT2D eigenvalue weighted by Crippen LogP contribution is -2.30. The lowest BCUT2D eigenvalue weighted by atomic mass is 10.3. The first-order chi connectivity index (χ1) is 8.90. The summed E-state index contributed by atoms with van der Waals surface area (Å²) >= 11 is 0. The molecule has 19 heavy (non-hydrogen) atoms. The average molecular weight is 275 g/mol. The largest absolute Gasteiger partial charge is 0.435 e. The molecule has 0 aliphatic rings. The smallest absolute Gasteiger partial charge is 0.359 e. The number of hydrogen-bond donors (Lipinski definition) is 2. The van der Waals surface area contributed by atoms with Gasteiger partial charge in [0.2, 0.25) is 0 Å². The monoisotopic (exact) mass is 275 g/mol. The third kappa shape index (κ3) is 2.91. The van der Waals surface area contributed by atoms with Gasteiger partial charge in [0.15, 0.2) is 17.1 Å². The second kappa shape index (κ2) is 4.72. The fourth-order valence-corrected chi connectivity index (χ4v) is 1.33. The molecule has 0 bridgehead atoms. The molecule has 0 atom stereocenters. The van der Waals surface area contributed by atoms with E-state index in [2.05, 4.69) is 10.3 Å². The molecular formula is C9H8F3N5O2. The highest BCUT2D eigenvalue weighted by Gasteiger charge is 2.33. The minimum Gasteiger partial charge on any atom is -0.359 e. The normalized spacial score (nSPS) is 11.6. The number of halogens is 3. The number of nitrogens with zero attached hydrogens (tertiary/aromatic N) is 3. The molecule has 0 aromatic carbocycles. The van der Waals surface area contributed by atoms with Crippen molar-refractivity contribution in [2.75, 3.05) is 0 Å². The van der Waals surface area contributed by atoms with E-state index in [1.165, 1.54) is 6.07 Å². The highest BCUT2D eigenvalue weighted by Crippen LogP contribution is 2.27. The van der Waals surface area contributed by atoms with Gasteiger partial charge in [-0.25, -0.2) is 5.84 Å². The van der Waals surface area contributed by atoms with Gasteiger partial charge in [0, 0.05) is 12.3 Å². The SMILES string of the molecule is NNC(=O)c1cc(Cn2ccc(C(F)(F)F)n2)on1. The molecule has 7 nitrogen and oxygen atoms in total. The summed E-state index contributed by atoms with van der Waals surface area (Å²) in [4.78, 5) is 11.1. The van der Waals surface area contributed by atoms with Crippen molar-refractivity contribution in [3.05, 3.63) is 35.5 Å². The number of nitrogens with two attached hydrogens (primary N) is 1. The first kappa shape index (κ1) is 13.1. The van der Waals surface area contributed by atoms with Gasteiger partial charge in [0.1, 0.15) is 6.54 Å². The number of amides is 1. The zero-order valence-electron chi connectivity index (χ0n) is 9.31. The van der Waals surface area contributed by atoms with Crippen molar-refractivity contribution in [3.8, 4) is 0 Å². The van der Waals surface area contributed by atoms with Crippen molar-refractivity contribution >= 4 is 5.91 Å². The Morgan fingerprint density at radius 2 is 2.26 bits per heavy atom. The van der Waals surface area contributed by atoms with Crippen molar-refractivity contribution in [2.45, 2.75) is 12.7 Å². The maximum absolute atomic E-state index is 12.3. The first-order valence-electron chi connectivity index (χ1n) is 4.97. The van der Waals surface area contributed by atoms with Crippen LogP contribution in [0.5, 0.6) is 0 Å². The van der Waals surface area contributed by atoms with E-state index in [4.69, 9.17) is 10.4 Å². The Labute approximate surface area is 104 Å². The van der Waals surface area contributed by atoms with Gasteiger partial charge in [-0.1, -0.05) is 5.16 Å². The van der Waals surface area contributed by atoms with Gasteiger partial charge in [-0.15, -0.1) is 0 Å². The standard InChI is InChI=1S/C9H8F3N5O2/c10-9(11,12)7-1-2-17(15-7)4-5-3-6(16-19-5)8(18)14-13/h1-3H,4,13H2,(H,14,18). The van der Waals surface area contributed by atoms with Crippen LogP contribution in [0.15, 0.2) is 22.9 Å². The zero-order chi connectivity index (χ0) is 14.0. The number of alkyl halides is 3. The molecule has 0 radical (unpaired) electrons. The molecule has 0 saturated carbocycles. The summed E-state index contributed by atoms with van der Waals surface area (Å²) in [5.74, 6) is 4.41. The summed E-state index contributed by atoms with van der Waals surface area (Å²) < 4.78 is 42.8. The predicted molar refractivity (Wildman–Crippen MR) is 54.5 cm³/mol. The topological polar surface area (TPSA) is 99.0 Å². The van der Waals surface area contributed by atoms with E-state index in [-0.39, 0.29) is 18.0 Å². The van der Waals surface area contributed by atoms with E-state index in [0.29, 0.717) is 0 Å². The van der Waals surface area contributed by atoms with Crippen LogP contribution in [0.2, 0.25) is 0 Å². The fourth-order valence-electron chi connectivity index (χ4n) is 1.33. The molecule has 2 heterocycles. The molecule has 0 unspecified atom stereocenters. The summed E-state index contributed by atoms with van der Waals surface area (Å²) in [6.07, 6.45) is -3.36. The molecule has 0 aliphatic carbocycles. The number of aromatic nitrogens is 3. The van der Waals surface area contributed by atoms with Crippen molar-refractivity contribution in [1.82, 2.24) is 20.4 Å². The Kier molecular flexibility index (Phi) is 3.25. The van der Waals surface area contributed by atoms with Crippen LogP contribution in [-0.4, -0.2) is 20.8 Å². The van der Waals surface area contributed by atoms with E-state index < -0.39 is 17.8 Å². The van der Waals surface area contributed by atoms with Gasteiger partial charge in [0.05, 0.1) is 0 Å². The van der Waals surface area contributed by atoms with Crippen molar-refractivity contribution in [3.63, 3.8) is 0 Å². The van der Waals surface area contributed by atoms with Gasteiger partial charge in [-0.05, 0) is 6.07 Å². The Balaban J connectivity index is 2.11. The number of carbonyl (C=O) groups is 1. The summed E-state index contributed by atoms with van der Waals surface area (Å²) in [6, 6.07) is 2.10. The molecule has 0 aliphatic heterocycles. The van der Waals surface area contributed by atoms with Crippen LogP contribution < -0.4 is 11.3 Å². The maximum Gasteiger partial charge on any atom is 0.435 e. The van der Waals surface area contributed by atoms with Crippen LogP contribution in [-0.2, 0) is 12.7 Å². The van der Waals surface area contributed by atoms with Crippen LogP contribution in [0.3, 0.4) is 0 Å². The third-order valence-corrected chi connectivity index (χ3v) is 2.17. The van der Waals surface area contributed by atoms with Gasteiger partial charge in [-0.2, -0.15) is 18.3 Å². The Morgan fingerprint density at radius 3 is 2.84 bits per heavy atom. The second-order valence-corrected chi connectivity index (χ2v) is 3.55. The minimum atomic E-state index is -4.50. The summed E-state index contributed by atoms with van der Waals surface area (Å²) in [6.45, 7) is -0.0824. The van der Waals surface area contributed by atoms with Gasteiger partial charge in [-0.3, -0.25) is 14.9 Å². The quantitative estimate of drug-likeness (QED) is 0.484. The van der Waals surface area contributed by atoms with E-state index in [1.807, 2.05) is 5.43 Å². The molecule has 102 valence electrons. The molecule has 3 N–H and O–H groups in total. The summed E-state index contributed by atoms with van der Waals surface area (Å²) in [5.41, 5.74) is 0.774. The van der Waals surface area contributed by atoms with E-state index in [9.17, 15) is 18.0 Å². The Morgan fingerprint density at radius 1 is 1.53 bits per heavy atom. The maximum atomic E-state index is 12.3. The summed E-state index contributed by atoms with van der Waals surface area (Å²) in [7, 11) is 0. The number of hydrazine groups is 1. The van der Waals surface area contributed by atoms with Crippen LogP contribution in [0.1, 0.15) is 21.9 Å². The molecule has 2 rings (SSSR count). The number of carbonyl (C=O) groups excluding carboxylic acids is 1. The average Bonchev–Trinajstić information content (AvgIpc) is 2.97. The molecule has 0 spiro atoms. The minimum absolute atomic E-state index is 0.0688. The number of nitrogens with one attached hydrogen (secondary N) is 1. The van der Waals surface area contributed by atoms with Crippen molar-refractivity contribution in [2.24, 2.45) is 5.84 Å². The van der Waals surface area contributed by atoms with E-state index >= 15 is 0 Å². The molecular weight excluding hydrogens is 267 g/mol. The number of hydrogen-bond acceptors (Lipinski definition) is 5. The molecule has 0 saturated heterocycles. The number of rotatable bonds is 3. The molecule has 2 aromatic rings. The van der Waals surface area contributed by atoms with Gasteiger partial charge in [0.25, 0.3) is 5.91 Å². The van der Waals surface area contributed by atoms with E-state index in [1.54, 1.807) is 0 Å². The summed E-state index contributed by atoms with van der Waals surface area (Å²) in [5, 5.41) is 6.74. The van der Waals surface area contributed by atoms with Crippen molar-refractivity contribution < 1.29 is 22.5 Å². The second-order valence-electron chi connectivity index (χ2n) is 3.55. The zero-order valence-corrected chi connectivity index (χ0v) is 9.31. The predicted octanol–water partition coefficient (Wildman–Crippen LogP) is 0.542. The molecule has 2 aromatic heterocycles. The molecule has 0 fully saturated rings. The Hall–Kier alpha value is -2.36. The van der Waals surface area contributed by atoms with E-state index in [0.717, 1.165) is 16.9 Å². The van der Waals surface area contributed by atoms with Gasteiger partial charge >= 0.3 is 6.18 Å². The van der Waals surface area contributed by atoms with Crippen LogP contribution in [0, 0.1) is 0 Å². The van der Waals surface area contributed by atoms with Crippen LogP contribution >= 0.6 is 0 Å². The lowest BCUT2D eigenvalue weighted by Gasteiger charge is -2.00. The fraction of sp³-hybridized carbons (Fsp3) is 0.222. The van der Waals surface area contributed by atoms with Gasteiger partial charge < -0.3 is 4.52 Å². The first-order valence-corrected chi connectivity index (χ1v) is 4.97. The van der Waals surface area contributed by atoms with Crippen molar-refractivity contribution in [1.29, 1.82) is 0 Å². The highest BCUT2D eigenvalue weighted by molar-refractivity contribution is 5.91. The third-order valence-electron chi connectivity index (χ3n) is 2.17. The van der Waals surface area contributed by atoms with Crippen LogP contribution in [0.25, 0.3) is 0 Å². The Bertz CT molecular complexity index is 589.